The molecule has 1 aliphatic carbocycles. The molecule has 92 valence electrons. The van der Waals surface area contributed by atoms with Crippen LogP contribution >= 0.6 is 23.7 Å². The molecule has 0 amide bonds. The Morgan fingerprint density at radius 3 is 2.76 bits per heavy atom. The van der Waals surface area contributed by atoms with Gasteiger partial charge in [0.1, 0.15) is 0 Å². The van der Waals surface area contributed by atoms with Gasteiger partial charge in [0.05, 0.1) is 10.4 Å². The molecule has 17 heavy (non-hydrogen) atoms. The van der Waals surface area contributed by atoms with Crippen LogP contribution in [0.4, 0.5) is 0 Å². The van der Waals surface area contributed by atoms with Crippen molar-refractivity contribution in [2.24, 2.45) is 5.73 Å². The summed E-state index contributed by atoms with van der Waals surface area (Å²) in [5.41, 5.74) is 6.97. The number of nitrogens with two attached hydrogens (primary N) is 1. The number of nitrogens with zero attached hydrogens (tertiary/aromatic N) is 2. The van der Waals surface area contributed by atoms with Crippen LogP contribution in [-0.4, -0.2) is 10.1 Å². The summed E-state index contributed by atoms with van der Waals surface area (Å²) in [6, 6.07) is 2.05. The summed E-state index contributed by atoms with van der Waals surface area (Å²) in [5, 5.41) is 6.03. The molecule has 0 bridgehead atoms. The molecule has 6 heteroatoms. The third-order valence-electron chi connectivity index (χ3n) is 3.17. The summed E-state index contributed by atoms with van der Waals surface area (Å²) in [4.78, 5) is 5.46. The van der Waals surface area contributed by atoms with Crippen LogP contribution in [0.5, 0.6) is 0 Å². The van der Waals surface area contributed by atoms with Crippen molar-refractivity contribution >= 4 is 23.7 Å². The predicted molar refractivity (Wildman–Crippen MR) is 69.3 cm³/mol. The monoisotopic (exact) mass is 271 g/mol. The molecule has 0 radical (unpaired) electrons. The van der Waals surface area contributed by atoms with Crippen LogP contribution in [0, 0.1) is 6.92 Å². The highest BCUT2D eigenvalue weighted by Gasteiger charge is 2.39. The van der Waals surface area contributed by atoms with Crippen molar-refractivity contribution in [3.63, 3.8) is 0 Å². The number of rotatable bonds is 2. The zero-order valence-corrected chi connectivity index (χ0v) is 11.1. The Balaban J connectivity index is 0.00000108. The molecular weight excluding hydrogens is 258 g/mol. The molecule has 0 atom stereocenters. The van der Waals surface area contributed by atoms with E-state index in [1.165, 1.54) is 5.56 Å². The van der Waals surface area contributed by atoms with Gasteiger partial charge in [-0.2, -0.15) is 4.98 Å². The Labute approximate surface area is 110 Å². The fourth-order valence-corrected chi connectivity index (χ4v) is 2.74. The molecule has 2 aromatic rings. The molecule has 0 aromatic carbocycles. The quantitative estimate of drug-likeness (QED) is 0.912. The standard InChI is InChI=1S/C11H13N3OS.ClH/c1-7-3-6-16-8(7)9-13-10(14-15-9)11(12)4-2-5-11;/h3,6H,2,4-5,12H2,1H3;1H. The van der Waals surface area contributed by atoms with Gasteiger partial charge < -0.3 is 10.3 Å². The molecule has 0 aliphatic heterocycles. The van der Waals surface area contributed by atoms with E-state index in [0.29, 0.717) is 11.7 Å². The van der Waals surface area contributed by atoms with Gasteiger partial charge in [-0.05, 0) is 43.2 Å². The molecule has 0 saturated heterocycles. The molecule has 1 aliphatic rings. The highest BCUT2D eigenvalue weighted by molar-refractivity contribution is 7.13. The van der Waals surface area contributed by atoms with Gasteiger partial charge >= 0.3 is 0 Å². The maximum atomic E-state index is 6.15. The minimum absolute atomic E-state index is 0. The number of hydrogen-bond acceptors (Lipinski definition) is 5. The zero-order chi connectivity index (χ0) is 11.2. The Morgan fingerprint density at radius 1 is 1.47 bits per heavy atom. The van der Waals surface area contributed by atoms with E-state index in [9.17, 15) is 0 Å². The first-order valence-corrected chi connectivity index (χ1v) is 6.24. The van der Waals surface area contributed by atoms with Crippen LogP contribution in [0.15, 0.2) is 16.0 Å². The summed E-state index contributed by atoms with van der Waals surface area (Å²) in [5.74, 6) is 1.25. The zero-order valence-electron chi connectivity index (χ0n) is 9.47. The van der Waals surface area contributed by atoms with Gasteiger partial charge in [0.25, 0.3) is 5.89 Å². The van der Waals surface area contributed by atoms with Crippen LogP contribution in [0.3, 0.4) is 0 Å². The van der Waals surface area contributed by atoms with E-state index in [1.54, 1.807) is 11.3 Å². The largest absolute Gasteiger partial charge is 0.333 e. The van der Waals surface area contributed by atoms with Crippen LogP contribution in [-0.2, 0) is 5.54 Å². The number of aryl methyl sites for hydroxylation is 1. The predicted octanol–water partition coefficient (Wildman–Crippen LogP) is 2.87. The second kappa shape index (κ2) is 4.40. The average molecular weight is 272 g/mol. The Morgan fingerprint density at radius 2 is 2.24 bits per heavy atom. The topological polar surface area (TPSA) is 64.9 Å². The first-order chi connectivity index (χ1) is 7.69. The van der Waals surface area contributed by atoms with Gasteiger partial charge in [-0.15, -0.1) is 23.7 Å². The van der Waals surface area contributed by atoms with Crippen molar-refractivity contribution in [3.05, 3.63) is 22.8 Å². The molecule has 3 rings (SSSR count). The lowest BCUT2D eigenvalue weighted by molar-refractivity contribution is 0.229. The summed E-state index contributed by atoms with van der Waals surface area (Å²) in [7, 11) is 0. The van der Waals surface area contributed by atoms with E-state index in [1.807, 2.05) is 18.4 Å². The van der Waals surface area contributed by atoms with Crippen molar-refractivity contribution in [1.82, 2.24) is 10.1 Å². The SMILES string of the molecule is Cc1ccsc1-c1nc(C2(N)CCC2)no1.Cl. The second-order valence-electron chi connectivity index (χ2n) is 4.37. The molecule has 2 N–H and O–H groups in total. The summed E-state index contributed by atoms with van der Waals surface area (Å²) in [6.07, 6.45) is 3.06. The van der Waals surface area contributed by atoms with Crippen molar-refractivity contribution in [2.75, 3.05) is 0 Å². The van der Waals surface area contributed by atoms with Gasteiger partial charge in [-0.3, -0.25) is 0 Å². The highest BCUT2D eigenvalue weighted by atomic mass is 35.5. The van der Waals surface area contributed by atoms with E-state index in [2.05, 4.69) is 10.1 Å². The third-order valence-corrected chi connectivity index (χ3v) is 4.18. The second-order valence-corrected chi connectivity index (χ2v) is 5.28. The van der Waals surface area contributed by atoms with Crippen LogP contribution in [0.25, 0.3) is 10.8 Å². The van der Waals surface area contributed by atoms with E-state index in [0.717, 1.165) is 24.1 Å². The van der Waals surface area contributed by atoms with E-state index < -0.39 is 0 Å². The highest BCUT2D eigenvalue weighted by Crippen LogP contribution is 2.38. The molecule has 0 unspecified atom stereocenters. The first kappa shape index (κ1) is 12.5. The number of thiophene rings is 1. The number of hydrogen-bond donors (Lipinski definition) is 1. The third kappa shape index (κ3) is 1.99. The maximum Gasteiger partial charge on any atom is 0.268 e. The summed E-state index contributed by atoms with van der Waals surface area (Å²) >= 11 is 1.62. The van der Waals surface area contributed by atoms with Gasteiger partial charge in [-0.25, -0.2) is 0 Å². The van der Waals surface area contributed by atoms with E-state index in [4.69, 9.17) is 10.3 Å². The Hall–Kier alpha value is -0.910. The lowest BCUT2D eigenvalue weighted by Gasteiger charge is -2.34. The number of halogens is 1. The molecule has 2 aromatic heterocycles. The van der Waals surface area contributed by atoms with Crippen LogP contribution < -0.4 is 5.73 Å². The molecule has 4 nitrogen and oxygen atoms in total. The minimum atomic E-state index is -0.340. The van der Waals surface area contributed by atoms with E-state index >= 15 is 0 Å². The summed E-state index contributed by atoms with van der Waals surface area (Å²) in [6.45, 7) is 2.04. The Bertz CT molecular complexity index is 518. The summed E-state index contributed by atoms with van der Waals surface area (Å²) < 4.78 is 5.28. The van der Waals surface area contributed by atoms with E-state index in [-0.39, 0.29) is 17.9 Å². The number of aromatic nitrogens is 2. The van der Waals surface area contributed by atoms with Gasteiger partial charge in [-0.1, -0.05) is 5.16 Å². The Kier molecular flexibility index (Phi) is 3.25. The van der Waals surface area contributed by atoms with Gasteiger partial charge in [0.15, 0.2) is 5.82 Å². The normalized spacial score (nSPS) is 17.3. The lowest BCUT2D eigenvalue weighted by atomic mass is 9.77. The smallest absolute Gasteiger partial charge is 0.268 e. The molecule has 1 fully saturated rings. The fraction of sp³-hybridized carbons (Fsp3) is 0.455. The van der Waals surface area contributed by atoms with Crippen molar-refractivity contribution in [2.45, 2.75) is 31.7 Å². The van der Waals surface area contributed by atoms with Crippen molar-refractivity contribution in [1.29, 1.82) is 0 Å². The van der Waals surface area contributed by atoms with Gasteiger partial charge in [0.2, 0.25) is 0 Å². The molecule has 0 spiro atoms. The van der Waals surface area contributed by atoms with Crippen molar-refractivity contribution in [3.8, 4) is 10.8 Å². The van der Waals surface area contributed by atoms with Crippen LogP contribution in [0.1, 0.15) is 30.7 Å². The van der Waals surface area contributed by atoms with Crippen molar-refractivity contribution < 1.29 is 4.52 Å². The average Bonchev–Trinajstić information content (AvgIpc) is 2.82. The minimum Gasteiger partial charge on any atom is -0.333 e. The fourth-order valence-electron chi connectivity index (χ4n) is 1.89. The first-order valence-electron chi connectivity index (χ1n) is 5.37. The van der Waals surface area contributed by atoms with Gasteiger partial charge in [0, 0.05) is 0 Å². The molecule has 1 saturated carbocycles. The molecular formula is C11H14ClN3OS. The lowest BCUT2D eigenvalue weighted by Crippen LogP contribution is -2.44. The molecule has 2 heterocycles. The van der Waals surface area contributed by atoms with Crippen LogP contribution in [0.2, 0.25) is 0 Å². The maximum absolute atomic E-state index is 6.15.